The lowest BCUT2D eigenvalue weighted by Crippen LogP contribution is -1.81. The summed E-state index contributed by atoms with van der Waals surface area (Å²) in [5, 5.41) is 3.59. The minimum atomic E-state index is 0.480. The first-order valence-corrected chi connectivity index (χ1v) is 4.28. The Morgan fingerprint density at radius 2 is 2.00 bits per heavy atom. The molecule has 0 spiro atoms. The molecule has 0 aliphatic carbocycles. The van der Waals surface area contributed by atoms with Crippen molar-refractivity contribution in [3.8, 4) is 11.3 Å². The van der Waals surface area contributed by atoms with Gasteiger partial charge < -0.3 is 4.52 Å². The number of benzene rings is 1. The zero-order valence-electron chi connectivity index (χ0n) is 7.73. The molecule has 0 unspecified atom stereocenters. The molecule has 0 bridgehead atoms. The van der Waals surface area contributed by atoms with Gasteiger partial charge in [0.1, 0.15) is 0 Å². The van der Waals surface area contributed by atoms with Gasteiger partial charge in [0.05, 0.1) is 11.8 Å². The summed E-state index contributed by atoms with van der Waals surface area (Å²) in [6.07, 6.45) is 2.16. The third kappa shape index (κ3) is 1.44. The van der Waals surface area contributed by atoms with E-state index < -0.39 is 0 Å². The topological polar surface area (TPSA) is 43.1 Å². The van der Waals surface area contributed by atoms with Crippen LogP contribution in [-0.2, 0) is 0 Å². The molecule has 3 nitrogen and oxygen atoms in total. The highest BCUT2D eigenvalue weighted by atomic mass is 16.5. The largest absolute Gasteiger partial charge is 0.356 e. The number of rotatable bonds is 2. The smallest absolute Gasteiger partial charge is 0.177 e. The number of hydrogen-bond donors (Lipinski definition) is 0. The number of hydrogen-bond acceptors (Lipinski definition) is 3. The first-order chi connectivity index (χ1) is 6.81. The van der Waals surface area contributed by atoms with Gasteiger partial charge in [0.2, 0.25) is 0 Å². The third-order valence-electron chi connectivity index (χ3n) is 2.04. The molecule has 14 heavy (non-hydrogen) atoms. The van der Waals surface area contributed by atoms with Gasteiger partial charge in [-0.3, -0.25) is 4.79 Å². The quantitative estimate of drug-likeness (QED) is 0.678. The highest BCUT2D eigenvalue weighted by molar-refractivity contribution is 5.84. The molecule has 2 rings (SSSR count). The van der Waals surface area contributed by atoms with Crippen LogP contribution in [0, 0.1) is 6.92 Å². The molecular weight excluding hydrogens is 178 g/mol. The standard InChI is InChI=1S/C11H9NO2/c1-8-2-4-9(5-3-8)11-10(7-13)6-12-14-11/h2-7H,1H3. The SMILES string of the molecule is Cc1ccc(-c2oncc2C=O)cc1. The minimum absolute atomic E-state index is 0.480. The second-order valence-corrected chi connectivity index (χ2v) is 3.09. The van der Waals surface area contributed by atoms with Crippen molar-refractivity contribution in [1.82, 2.24) is 5.16 Å². The molecule has 0 atom stereocenters. The van der Waals surface area contributed by atoms with E-state index in [1.165, 1.54) is 11.8 Å². The zero-order valence-corrected chi connectivity index (χ0v) is 7.73. The number of aryl methyl sites for hydroxylation is 1. The Kier molecular flexibility index (Phi) is 2.14. The van der Waals surface area contributed by atoms with Crippen LogP contribution >= 0.6 is 0 Å². The van der Waals surface area contributed by atoms with Crippen molar-refractivity contribution in [1.29, 1.82) is 0 Å². The van der Waals surface area contributed by atoms with E-state index in [9.17, 15) is 4.79 Å². The van der Waals surface area contributed by atoms with Crippen molar-refractivity contribution in [2.45, 2.75) is 6.92 Å². The second-order valence-electron chi connectivity index (χ2n) is 3.09. The third-order valence-corrected chi connectivity index (χ3v) is 2.04. The first-order valence-electron chi connectivity index (χ1n) is 4.28. The lowest BCUT2D eigenvalue weighted by molar-refractivity contribution is 0.112. The van der Waals surface area contributed by atoms with Crippen LogP contribution in [0.5, 0.6) is 0 Å². The second kappa shape index (κ2) is 3.46. The Morgan fingerprint density at radius 3 is 2.64 bits per heavy atom. The summed E-state index contributed by atoms with van der Waals surface area (Å²) in [6, 6.07) is 7.74. The summed E-state index contributed by atoms with van der Waals surface area (Å²) in [5.74, 6) is 0.528. The molecule has 0 fully saturated rings. The van der Waals surface area contributed by atoms with E-state index in [4.69, 9.17) is 4.52 Å². The number of carbonyl (C=O) groups is 1. The maximum Gasteiger partial charge on any atom is 0.177 e. The van der Waals surface area contributed by atoms with Crippen LogP contribution in [-0.4, -0.2) is 11.4 Å². The highest BCUT2D eigenvalue weighted by Crippen LogP contribution is 2.22. The Hall–Kier alpha value is -1.90. The van der Waals surface area contributed by atoms with E-state index in [1.807, 2.05) is 31.2 Å². The highest BCUT2D eigenvalue weighted by Gasteiger charge is 2.08. The fraction of sp³-hybridized carbons (Fsp3) is 0.0909. The van der Waals surface area contributed by atoms with Crippen molar-refractivity contribution in [3.05, 3.63) is 41.6 Å². The predicted molar refractivity (Wildman–Crippen MR) is 52.1 cm³/mol. The van der Waals surface area contributed by atoms with Gasteiger partial charge in [-0.05, 0) is 6.92 Å². The van der Waals surface area contributed by atoms with E-state index in [0.29, 0.717) is 11.3 Å². The fourth-order valence-electron chi connectivity index (χ4n) is 1.26. The van der Waals surface area contributed by atoms with Gasteiger partial charge in [0.15, 0.2) is 12.0 Å². The van der Waals surface area contributed by atoms with Crippen molar-refractivity contribution < 1.29 is 9.32 Å². The van der Waals surface area contributed by atoms with Crippen molar-refractivity contribution in [2.24, 2.45) is 0 Å². The number of aromatic nitrogens is 1. The van der Waals surface area contributed by atoms with Crippen LogP contribution in [0.2, 0.25) is 0 Å². The van der Waals surface area contributed by atoms with Gasteiger partial charge in [0, 0.05) is 5.56 Å². The van der Waals surface area contributed by atoms with Crippen LogP contribution < -0.4 is 0 Å². The average molecular weight is 187 g/mol. The van der Waals surface area contributed by atoms with Crippen molar-refractivity contribution >= 4 is 6.29 Å². The summed E-state index contributed by atoms with van der Waals surface area (Å²) >= 11 is 0. The maximum atomic E-state index is 10.6. The van der Waals surface area contributed by atoms with E-state index in [-0.39, 0.29) is 0 Å². The van der Waals surface area contributed by atoms with Gasteiger partial charge in [-0.2, -0.15) is 0 Å². The molecule has 70 valence electrons. The predicted octanol–water partition coefficient (Wildman–Crippen LogP) is 2.46. The van der Waals surface area contributed by atoms with Gasteiger partial charge in [-0.25, -0.2) is 0 Å². The van der Waals surface area contributed by atoms with Crippen LogP contribution in [0.4, 0.5) is 0 Å². The molecule has 0 saturated carbocycles. The van der Waals surface area contributed by atoms with Gasteiger partial charge in [0.25, 0.3) is 0 Å². The first kappa shape index (κ1) is 8.69. The van der Waals surface area contributed by atoms with Crippen molar-refractivity contribution in [3.63, 3.8) is 0 Å². The summed E-state index contributed by atoms with van der Waals surface area (Å²) in [6.45, 7) is 2.00. The Bertz CT molecular complexity index is 443. The molecule has 1 heterocycles. The lowest BCUT2D eigenvalue weighted by Gasteiger charge is -1.96. The summed E-state index contributed by atoms with van der Waals surface area (Å²) in [4.78, 5) is 10.6. The molecule has 1 aromatic heterocycles. The number of carbonyl (C=O) groups excluding carboxylic acids is 1. The summed E-state index contributed by atoms with van der Waals surface area (Å²) in [5.41, 5.74) is 2.52. The molecule has 2 aromatic rings. The van der Waals surface area contributed by atoms with Crippen LogP contribution in [0.3, 0.4) is 0 Å². The van der Waals surface area contributed by atoms with Crippen molar-refractivity contribution in [2.75, 3.05) is 0 Å². The van der Waals surface area contributed by atoms with E-state index in [0.717, 1.165) is 11.8 Å². The monoisotopic (exact) mass is 187 g/mol. The van der Waals surface area contributed by atoms with Gasteiger partial charge in [-0.1, -0.05) is 35.0 Å². The molecule has 0 aliphatic rings. The zero-order chi connectivity index (χ0) is 9.97. The molecule has 0 N–H and O–H groups in total. The number of nitrogens with zero attached hydrogens (tertiary/aromatic N) is 1. The maximum absolute atomic E-state index is 10.6. The summed E-state index contributed by atoms with van der Waals surface area (Å²) < 4.78 is 5.00. The Morgan fingerprint density at radius 1 is 1.29 bits per heavy atom. The van der Waals surface area contributed by atoms with E-state index in [1.54, 1.807) is 0 Å². The fourth-order valence-corrected chi connectivity index (χ4v) is 1.26. The lowest BCUT2D eigenvalue weighted by atomic mass is 10.1. The van der Waals surface area contributed by atoms with E-state index >= 15 is 0 Å². The molecule has 0 saturated heterocycles. The molecule has 3 heteroatoms. The molecule has 1 aromatic carbocycles. The summed E-state index contributed by atoms with van der Waals surface area (Å²) in [7, 11) is 0. The molecular formula is C11H9NO2. The normalized spacial score (nSPS) is 10.1. The average Bonchev–Trinajstić information content (AvgIpc) is 2.67. The molecule has 0 amide bonds. The van der Waals surface area contributed by atoms with Gasteiger partial charge in [-0.15, -0.1) is 0 Å². The van der Waals surface area contributed by atoms with Crippen LogP contribution in [0.15, 0.2) is 35.0 Å². The Balaban J connectivity index is 2.49. The molecule has 0 radical (unpaired) electrons. The van der Waals surface area contributed by atoms with Crippen LogP contribution in [0.25, 0.3) is 11.3 Å². The van der Waals surface area contributed by atoms with E-state index in [2.05, 4.69) is 5.16 Å². The minimum Gasteiger partial charge on any atom is -0.356 e. The van der Waals surface area contributed by atoms with Crippen LogP contribution in [0.1, 0.15) is 15.9 Å². The Labute approximate surface area is 81.3 Å². The molecule has 0 aliphatic heterocycles. The van der Waals surface area contributed by atoms with Gasteiger partial charge >= 0.3 is 0 Å². The number of aldehydes is 1.